The molecule has 0 rings (SSSR count). The first-order valence-electron chi connectivity index (χ1n) is 9.93. The fourth-order valence-electron chi connectivity index (χ4n) is 2.67. The molecule has 25 heavy (non-hydrogen) atoms. The van der Waals surface area contributed by atoms with E-state index in [1.54, 1.807) is 0 Å². The summed E-state index contributed by atoms with van der Waals surface area (Å²) in [6, 6.07) is 0.233. The molecule has 0 fully saturated rings. The van der Waals surface area contributed by atoms with E-state index in [-0.39, 0.29) is 11.9 Å². The van der Waals surface area contributed by atoms with Gasteiger partial charge in [0.05, 0.1) is 6.04 Å². The third kappa shape index (κ3) is 15.3. The Morgan fingerprint density at radius 3 is 2.12 bits per heavy atom. The minimum Gasteiger partial charge on any atom is -0.355 e. The Hall–Kier alpha value is -0.730. The number of rotatable bonds is 17. The van der Waals surface area contributed by atoms with E-state index in [1.165, 1.54) is 0 Å². The highest BCUT2D eigenvalue weighted by Gasteiger charge is 2.12. The predicted octanol–water partition coefficient (Wildman–Crippen LogP) is 0.164. The number of carbonyl (C=O) groups is 1. The summed E-state index contributed by atoms with van der Waals surface area (Å²) in [4.78, 5) is 11.8. The summed E-state index contributed by atoms with van der Waals surface area (Å²) < 4.78 is 0. The Balaban J connectivity index is 3.55. The molecule has 3 unspecified atom stereocenters. The fourth-order valence-corrected chi connectivity index (χ4v) is 2.67. The molecule has 0 bridgehead atoms. The molecule has 3 atom stereocenters. The zero-order valence-corrected chi connectivity index (χ0v) is 16.1. The van der Waals surface area contributed by atoms with Crippen LogP contribution in [0.5, 0.6) is 0 Å². The minimum atomic E-state index is -0.409. The van der Waals surface area contributed by atoms with Crippen molar-refractivity contribution >= 4 is 5.91 Å². The Morgan fingerprint density at radius 2 is 1.48 bits per heavy atom. The van der Waals surface area contributed by atoms with Gasteiger partial charge in [0.15, 0.2) is 0 Å². The summed E-state index contributed by atoms with van der Waals surface area (Å²) in [5.41, 5.74) is 22.8. The molecule has 0 aromatic heterocycles. The van der Waals surface area contributed by atoms with E-state index in [9.17, 15) is 4.79 Å². The van der Waals surface area contributed by atoms with Crippen LogP contribution in [0.25, 0.3) is 0 Å². The van der Waals surface area contributed by atoms with Crippen LogP contribution in [0.4, 0.5) is 0 Å². The van der Waals surface area contributed by atoms with Crippen LogP contribution in [0.1, 0.15) is 64.7 Å². The van der Waals surface area contributed by atoms with Gasteiger partial charge < -0.3 is 33.6 Å². The first-order valence-corrected chi connectivity index (χ1v) is 9.93. The maximum Gasteiger partial charge on any atom is 0.236 e. The van der Waals surface area contributed by atoms with Gasteiger partial charge in [0.2, 0.25) is 5.91 Å². The average molecular weight is 359 g/mol. The molecule has 0 aliphatic carbocycles. The first-order chi connectivity index (χ1) is 12.0. The van der Waals surface area contributed by atoms with Gasteiger partial charge in [-0.2, -0.15) is 0 Å². The lowest BCUT2D eigenvalue weighted by molar-refractivity contribution is -0.122. The Labute approximate surface area is 154 Å². The van der Waals surface area contributed by atoms with Gasteiger partial charge in [-0.1, -0.05) is 19.3 Å². The second-order valence-electron chi connectivity index (χ2n) is 7.03. The van der Waals surface area contributed by atoms with Crippen LogP contribution < -0.4 is 33.6 Å². The SMILES string of the molecule is CC(CCCCNC(=O)C(N)CCCCN)NCC(N)CCCCN. The second kappa shape index (κ2) is 16.7. The van der Waals surface area contributed by atoms with Gasteiger partial charge in [0.25, 0.3) is 0 Å². The summed E-state index contributed by atoms with van der Waals surface area (Å²) in [6.07, 6.45) is 8.81. The third-order valence-corrected chi connectivity index (χ3v) is 4.43. The summed E-state index contributed by atoms with van der Waals surface area (Å²) in [5, 5.41) is 6.40. The van der Waals surface area contributed by atoms with Crippen molar-refractivity contribution in [2.24, 2.45) is 22.9 Å². The number of carbonyl (C=O) groups excluding carboxylic acids is 1. The Kier molecular flexibility index (Phi) is 16.2. The van der Waals surface area contributed by atoms with Gasteiger partial charge in [0.1, 0.15) is 0 Å². The van der Waals surface area contributed by atoms with Crippen LogP contribution in [0.3, 0.4) is 0 Å². The second-order valence-corrected chi connectivity index (χ2v) is 7.03. The molecule has 0 aromatic rings. The molecule has 7 heteroatoms. The largest absolute Gasteiger partial charge is 0.355 e. The van der Waals surface area contributed by atoms with E-state index >= 15 is 0 Å². The molecule has 0 aromatic carbocycles. The molecule has 0 spiro atoms. The lowest BCUT2D eigenvalue weighted by atomic mass is 10.1. The van der Waals surface area contributed by atoms with Gasteiger partial charge in [-0.25, -0.2) is 0 Å². The first kappa shape index (κ1) is 24.3. The van der Waals surface area contributed by atoms with Gasteiger partial charge in [-0.15, -0.1) is 0 Å². The molecule has 0 saturated heterocycles. The summed E-state index contributed by atoms with van der Waals surface area (Å²) in [5.74, 6) is -0.0494. The quantitative estimate of drug-likeness (QED) is 0.204. The van der Waals surface area contributed by atoms with Crippen molar-refractivity contribution in [2.45, 2.75) is 82.8 Å². The summed E-state index contributed by atoms with van der Waals surface area (Å²) in [7, 11) is 0. The van der Waals surface area contributed by atoms with Crippen molar-refractivity contribution in [3.63, 3.8) is 0 Å². The molecule has 0 saturated carbocycles. The van der Waals surface area contributed by atoms with Crippen molar-refractivity contribution < 1.29 is 4.79 Å². The van der Waals surface area contributed by atoms with E-state index in [2.05, 4.69) is 17.6 Å². The smallest absolute Gasteiger partial charge is 0.236 e. The van der Waals surface area contributed by atoms with Crippen LogP contribution in [0.15, 0.2) is 0 Å². The average Bonchev–Trinajstić information content (AvgIpc) is 2.59. The summed E-state index contributed by atoms with van der Waals surface area (Å²) >= 11 is 0. The molecule has 0 aliphatic rings. The molecule has 150 valence electrons. The van der Waals surface area contributed by atoms with Crippen LogP contribution in [-0.4, -0.2) is 50.2 Å². The lowest BCUT2D eigenvalue weighted by Gasteiger charge is -2.18. The zero-order chi connectivity index (χ0) is 18.9. The standard InChI is InChI=1S/C18H42N6O/c1-15(24-14-16(21)9-2-5-11-19)8-4-7-13-23-18(25)17(22)10-3-6-12-20/h15-17,24H,2-14,19-22H2,1H3,(H,23,25). The fraction of sp³-hybridized carbons (Fsp3) is 0.944. The highest BCUT2D eigenvalue weighted by atomic mass is 16.2. The predicted molar refractivity (Wildman–Crippen MR) is 106 cm³/mol. The Morgan fingerprint density at radius 1 is 0.880 bits per heavy atom. The van der Waals surface area contributed by atoms with Crippen LogP contribution >= 0.6 is 0 Å². The minimum absolute atomic E-state index is 0.0494. The van der Waals surface area contributed by atoms with Crippen LogP contribution in [0, 0.1) is 0 Å². The van der Waals surface area contributed by atoms with E-state index in [1.807, 2.05) is 0 Å². The monoisotopic (exact) mass is 358 g/mol. The van der Waals surface area contributed by atoms with E-state index in [0.717, 1.165) is 64.5 Å². The molecular formula is C18H42N6O. The number of amides is 1. The molecule has 0 radical (unpaired) electrons. The van der Waals surface area contributed by atoms with Crippen molar-refractivity contribution in [1.82, 2.24) is 10.6 Å². The molecule has 10 N–H and O–H groups in total. The lowest BCUT2D eigenvalue weighted by Crippen LogP contribution is -2.41. The normalized spacial score (nSPS) is 14.9. The topological polar surface area (TPSA) is 145 Å². The summed E-state index contributed by atoms with van der Waals surface area (Å²) in [6.45, 7) is 5.11. The van der Waals surface area contributed by atoms with E-state index in [4.69, 9.17) is 22.9 Å². The molecule has 0 heterocycles. The zero-order valence-electron chi connectivity index (χ0n) is 16.1. The number of unbranched alkanes of at least 4 members (excludes halogenated alkanes) is 3. The number of nitrogens with two attached hydrogens (primary N) is 4. The van der Waals surface area contributed by atoms with Gasteiger partial charge in [0, 0.05) is 25.2 Å². The highest BCUT2D eigenvalue weighted by Crippen LogP contribution is 2.02. The highest BCUT2D eigenvalue weighted by molar-refractivity contribution is 5.81. The Bertz CT molecular complexity index is 316. The molecule has 7 nitrogen and oxygen atoms in total. The van der Waals surface area contributed by atoms with Crippen LogP contribution in [0.2, 0.25) is 0 Å². The van der Waals surface area contributed by atoms with Crippen LogP contribution in [-0.2, 0) is 4.79 Å². The molecule has 0 aliphatic heterocycles. The van der Waals surface area contributed by atoms with E-state index < -0.39 is 6.04 Å². The van der Waals surface area contributed by atoms with Crippen molar-refractivity contribution in [1.29, 1.82) is 0 Å². The van der Waals surface area contributed by atoms with Crippen molar-refractivity contribution in [2.75, 3.05) is 26.2 Å². The molecule has 1 amide bonds. The van der Waals surface area contributed by atoms with Crippen molar-refractivity contribution in [3.8, 4) is 0 Å². The van der Waals surface area contributed by atoms with Gasteiger partial charge in [-0.3, -0.25) is 4.79 Å². The maximum atomic E-state index is 11.8. The molecular weight excluding hydrogens is 316 g/mol. The number of hydrogen-bond donors (Lipinski definition) is 6. The number of hydrogen-bond acceptors (Lipinski definition) is 6. The van der Waals surface area contributed by atoms with Crippen molar-refractivity contribution in [3.05, 3.63) is 0 Å². The van der Waals surface area contributed by atoms with Gasteiger partial charge >= 0.3 is 0 Å². The van der Waals surface area contributed by atoms with Gasteiger partial charge in [-0.05, 0) is 58.5 Å². The maximum absolute atomic E-state index is 11.8. The number of nitrogens with one attached hydrogen (secondary N) is 2. The van der Waals surface area contributed by atoms with E-state index in [0.29, 0.717) is 25.6 Å². The third-order valence-electron chi connectivity index (χ3n) is 4.43.